The third kappa shape index (κ3) is 3.50. The van der Waals surface area contributed by atoms with Crippen molar-refractivity contribution in [3.8, 4) is 0 Å². The van der Waals surface area contributed by atoms with Gasteiger partial charge in [0.2, 0.25) is 0 Å². The van der Waals surface area contributed by atoms with E-state index in [1.807, 2.05) is 0 Å². The minimum atomic E-state index is 0.657. The number of likely N-dealkylation sites (N-methyl/N-ethyl adjacent to an activating group) is 1. The van der Waals surface area contributed by atoms with Crippen LogP contribution >= 0.6 is 15.9 Å². The maximum absolute atomic E-state index is 5.61. The Morgan fingerprint density at radius 3 is 2.79 bits per heavy atom. The molecule has 0 saturated carbocycles. The number of hydrogen-bond acceptors (Lipinski definition) is 3. The molecule has 1 fully saturated rings. The highest BCUT2D eigenvalue weighted by Crippen LogP contribution is 2.29. The third-order valence-corrected chi connectivity index (χ3v) is 4.67. The normalized spacial score (nSPS) is 20.8. The molecular weight excluding hydrogens is 302 g/mol. The van der Waals surface area contributed by atoms with E-state index in [4.69, 9.17) is 5.73 Å². The fourth-order valence-corrected chi connectivity index (χ4v) is 3.41. The van der Waals surface area contributed by atoms with Crippen molar-refractivity contribution in [2.75, 3.05) is 38.1 Å². The van der Waals surface area contributed by atoms with E-state index in [1.165, 1.54) is 22.1 Å². The number of nitrogens with zero attached hydrogens (tertiary/aromatic N) is 2. The lowest BCUT2D eigenvalue weighted by Gasteiger charge is -2.40. The molecule has 0 aromatic heterocycles. The third-order valence-electron chi connectivity index (χ3n) is 4.03. The van der Waals surface area contributed by atoms with E-state index in [9.17, 15) is 0 Å². The van der Waals surface area contributed by atoms with Gasteiger partial charge in [-0.1, -0.05) is 13.0 Å². The first-order valence-corrected chi connectivity index (χ1v) is 7.88. The monoisotopic (exact) mass is 325 g/mol. The van der Waals surface area contributed by atoms with Crippen LogP contribution in [0, 0.1) is 0 Å². The number of piperazine rings is 1. The summed E-state index contributed by atoms with van der Waals surface area (Å²) in [6, 6.07) is 7.30. The van der Waals surface area contributed by atoms with Gasteiger partial charge in [0.25, 0.3) is 0 Å². The van der Waals surface area contributed by atoms with Crippen LogP contribution in [0.1, 0.15) is 18.9 Å². The lowest BCUT2D eigenvalue weighted by atomic mass is 10.1. The molecule has 2 rings (SSSR count). The highest BCUT2D eigenvalue weighted by atomic mass is 79.9. The van der Waals surface area contributed by atoms with Crippen LogP contribution in [0.4, 0.5) is 5.69 Å². The zero-order valence-corrected chi connectivity index (χ0v) is 13.5. The van der Waals surface area contributed by atoms with Gasteiger partial charge in [-0.15, -0.1) is 0 Å². The van der Waals surface area contributed by atoms with Crippen molar-refractivity contribution < 1.29 is 0 Å². The van der Waals surface area contributed by atoms with Gasteiger partial charge >= 0.3 is 0 Å². The van der Waals surface area contributed by atoms with E-state index >= 15 is 0 Å². The summed E-state index contributed by atoms with van der Waals surface area (Å²) in [5, 5.41) is 0. The summed E-state index contributed by atoms with van der Waals surface area (Å²) < 4.78 is 1.19. The molecule has 0 radical (unpaired) electrons. The molecule has 1 aliphatic heterocycles. The molecular formula is C15H24BrN3. The van der Waals surface area contributed by atoms with Crippen molar-refractivity contribution in [1.29, 1.82) is 0 Å². The molecule has 1 heterocycles. The Bertz CT molecular complexity index is 422. The summed E-state index contributed by atoms with van der Waals surface area (Å²) in [6.45, 7) is 6.32. The topological polar surface area (TPSA) is 32.5 Å². The largest absolute Gasteiger partial charge is 0.368 e. The maximum Gasteiger partial charge on any atom is 0.0511 e. The van der Waals surface area contributed by atoms with Crippen LogP contribution in [-0.2, 0) is 6.42 Å². The predicted octanol–water partition coefficient (Wildman–Crippen LogP) is 2.48. The number of rotatable bonds is 4. The number of benzene rings is 1. The molecule has 1 aromatic carbocycles. The first-order valence-electron chi connectivity index (χ1n) is 7.09. The molecule has 19 heavy (non-hydrogen) atoms. The average molecular weight is 326 g/mol. The van der Waals surface area contributed by atoms with Gasteiger partial charge in [0.1, 0.15) is 0 Å². The zero-order chi connectivity index (χ0) is 13.8. The molecule has 1 atom stereocenters. The van der Waals surface area contributed by atoms with Gasteiger partial charge in [-0.2, -0.15) is 0 Å². The lowest BCUT2D eigenvalue weighted by Crippen LogP contribution is -2.51. The summed E-state index contributed by atoms with van der Waals surface area (Å²) in [5.41, 5.74) is 8.23. The molecule has 1 aromatic rings. The van der Waals surface area contributed by atoms with Crippen molar-refractivity contribution in [3.05, 3.63) is 28.2 Å². The number of hydrogen-bond donors (Lipinski definition) is 1. The van der Waals surface area contributed by atoms with Gasteiger partial charge in [-0.25, -0.2) is 0 Å². The van der Waals surface area contributed by atoms with Crippen molar-refractivity contribution in [2.45, 2.75) is 25.8 Å². The Kier molecular flexibility index (Phi) is 5.25. The second-order valence-corrected chi connectivity index (χ2v) is 6.17. The van der Waals surface area contributed by atoms with Crippen molar-refractivity contribution >= 4 is 21.6 Å². The molecule has 2 N–H and O–H groups in total. The maximum atomic E-state index is 5.61. The molecule has 0 spiro atoms. The summed E-state index contributed by atoms with van der Waals surface area (Å²) in [4.78, 5) is 4.96. The van der Waals surface area contributed by atoms with E-state index in [0.717, 1.165) is 26.1 Å². The average Bonchev–Trinajstić information content (AvgIpc) is 2.40. The SMILES string of the molecule is CCC1CN(c2ccc(CCN)cc2Br)CCN1C. The van der Waals surface area contributed by atoms with Gasteiger partial charge in [-0.3, -0.25) is 4.90 Å². The first-order chi connectivity index (χ1) is 9.15. The van der Waals surface area contributed by atoms with Crippen LogP contribution in [0.15, 0.2) is 22.7 Å². The fourth-order valence-electron chi connectivity index (χ4n) is 2.73. The molecule has 4 heteroatoms. The molecule has 0 amide bonds. The molecule has 3 nitrogen and oxygen atoms in total. The second-order valence-electron chi connectivity index (χ2n) is 5.31. The van der Waals surface area contributed by atoms with E-state index in [0.29, 0.717) is 12.6 Å². The molecule has 1 unspecified atom stereocenters. The summed E-state index contributed by atoms with van der Waals surface area (Å²) in [7, 11) is 2.23. The fraction of sp³-hybridized carbons (Fsp3) is 0.600. The molecule has 0 bridgehead atoms. The second kappa shape index (κ2) is 6.73. The van der Waals surface area contributed by atoms with Crippen LogP contribution in [0.2, 0.25) is 0 Å². The standard InChI is InChI=1S/C15H24BrN3/c1-3-13-11-19(9-8-18(13)2)15-5-4-12(6-7-17)10-14(15)16/h4-5,10,13H,3,6-9,11,17H2,1-2H3. The minimum Gasteiger partial charge on any atom is -0.368 e. The van der Waals surface area contributed by atoms with Crippen molar-refractivity contribution in [1.82, 2.24) is 4.90 Å². The van der Waals surface area contributed by atoms with Crippen LogP contribution in [0.25, 0.3) is 0 Å². The number of halogens is 1. The molecule has 1 saturated heterocycles. The van der Waals surface area contributed by atoms with Crippen LogP contribution in [0.3, 0.4) is 0 Å². The van der Waals surface area contributed by atoms with Gasteiger partial charge < -0.3 is 10.6 Å². The summed E-state index contributed by atoms with van der Waals surface area (Å²) >= 11 is 3.71. The Labute approximate surface area is 124 Å². The van der Waals surface area contributed by atoms with Crippen molar-refractivity contribution in [3.63, 3.8) is 0 Å². The summed E-state index contributed by atoms with van der Waals surface area (Å²) in [6.07, 6.45) is 2.15. The molecule has 0 aliphatic carbocycles. The Morgan fingerprint density at radius 2 is 2.16 bits per heavy atom. The highest BCUT2D eigenvalue weighted by Gasteiger charge is 2.23. The predicted molar refractivity (Wildman–Crippen MR) is 85.8 cm³/mol. The van der Waals surface area contributed by atoms with Gasteiger partial charge in [0.15, 0.2) is 0 Å². The first kappa shape index (κ1) is 14.8. The van der Waals surface area contributed by atoms with Gasteiger partial charge in [0, 0.05) is 30.1 Å². The lowest BCUT2D eigenvalue weighted by molar-refractivity contribution is 0.213. The van der Waals surface area contributed by atoms with E-state index in [2.05, 4.69) is 57.9 Å². The van der Waals surface area contributed by atoms with Crippen LogP contribution in [0.5, 0.6) is 0 Å². The van der Waals surface area contributed by atoms with E-state index in [1.54, 1.807) is 0 Å². The van der Waals surface area contributed by atoms with Crippen molar-refractivity contribution in [2.24, 2.45) is 5.73 Å². The Balaban J connectivity index is 2.13. The number of nitrogens with two attached hydrogens (primary N) is 1. The minimum absolute atomic E-state index is 0.657. The Hall–Kier alpha value is -0.580. The number of anilines is 1. The highest BCUT2D eigenvalue weighted by molar-refractivity contribution is 9.10. The van der Waals surface area contributed by atoms with Gasteiger partial charge in [-0.05, 0) is 60.1 Å². The van der Waals surface area contributed by atoms with E-state index < -0.39 is 0 Å². The quantitative estimate of drug-likeness (QED) is 0.923. The zero-order valence-electron chi connectivity index (χ0n) is 11.9. The van der Waals surface area contributed by atoms with E-state index in [-0.39, 0.29) is 0 Å². The van der Waals surface area contributed by atoms with Crippen LogP contribution < -0.4 is 10.6 Å². The van der Waals surface area contributed by atoms with Crippen LogP contribution in [-0.4, -0.2) is 44.2 Å². The molecule has 1 aliphatic rings. The van der Waals surface area contributed by atoms with Gasteiger partial charge in [0.05, 0.1) is 5.69 Å². The Morgan fingerprint density at radius 1 is 1.37 bits per heavy atom. The smallest absolute Gasteiger partial charge is 0.0511 e. The summed E-state index contributed by atoms with van der Waals surface area (Å²) in [5.74, 6) is 0. The molecule has 106 valence electrons.